The van der Waals surface area contributed by atoms with Crippen molar-refractivity contribution in [2.75, 3.05) is 6.54 Å². The predicted octanol–water partition coefficient (Wildman–Crippen LogP) is 1.93. The summed E-state index contributed by atoms with van der Waals surface area (Å²) in [4.78, 5) is 25.2. The van der Waals surface area contributed by atoms with Gasteiger partial charge in [0.25, 0.3) is 11.8 Å². The average Bonchev–Trinajstić information content (AvgIpc) is 3.38. The Balaban J connectivity index is 1.47. The summed E-state index contributed by atoms with van der Waals surface area (Å²) in [5.74, 6) is -1.68. The van der Waals surface area contributed by atoms with Gasteiger partial charge in [-0.1, -0.05) is 18.2 Å². The molecule has 2 aromatic carbocycles. The molecule has 1 aromatic heterocycles. The SMILES string of the molecule is Cn1cc(C(=O)NNC(=O)[C@H]2CCCN2S(=O)(=O)c2ccc(F)cc2)c2ccccc21. The summed E-state index contributed by atoms with van der Waals surface area (Å²) in [6, 6.07) is 10.8. The third-order valence-corrected chi connectivity index (χ3v) is 7.29. The van der Waals surface area contributed by atoms with Gasteiger partial charge in [0.1, 0.15) is 11.9 Å². The molecule has 0 saturated carbocycles. The molecule has 162 valence electrons. The van der Waals surface area contributed by atoms with Gasteiger partial charge in [-0.3, -0.25) is 20.4 Å². The van der Waals surface area contributed by atoms with Crippen LogP contribution in [0.5, 0.6) is 0 Å². The topological polar surface area (TPSA) is 101 Å². The van der Waals surface area contributed by atoms with Gasteiger partial charge in [0.15, 0.2) is 0 Å². The van der Waals surface area contributed by atoms with E-state index >= 15 is 0 Å². The number of halogens is 1. The number of nitrogens with zero attached hydrogens (tertiary/aromatic N) is 2. The smallest absolute Gasteiger partial charge is 0.271 e. The number of hydrogen-bond acceptors (Lipinski definition) is 4. The predicted molar refractivity (Wildman–Crippen MR) is 112 cm³/mol. The summed E-state index contributed by atoms with van der Waals surface area (Å²) in [7, 11) is -2.16. The summed E-state index contributed by atoms with van der Waals surface area (Å²) < 4.78 is 41.9. The molecule has 10 heteroatoms. The highest BCUT2D eigenvalue weighted by Gasteiger charge is 2.39. The van der Waals surface area contributed by atoms with E-state index in [0.717, 1.165) is 27.3 Å². The largest absolute Gasteiger partial charge is 0.350 e. The van der Waals surface area contributed by atoms with Crippen molar-refractivity contribution in [3.05, 3.63) is 66.1 Å². The number of fused-ring (bicyclic) bond motifs is 1. The number of aryl methyl sites for hydroxylation is 1. The number of sulfonamides is 1. The van der Waals surface area contributed by atoms with Gasteiger partial charge in [-0.2, -0.15) is 4.31 Å². The van der Waals surface area contributed by atoms with Crippen LogP contribution in [0.4, 0.5) is 4.39 Å². The van der Waals surface area contributed by atoms with Gasteiger partial charge < -0.3 is 4.57 Å². The lowest BCUT2D eigenvalue weighted by molar-refractivity contribution is -0.125. The number of carbonyl (C=O) groups excluding carboxylic acids is 2. The highest BCUT2D eigenvalue weighted by Crippen LogP contribution is 2.26. The molecule has 1 saturated heterocycles. The second-order valence-electron chi connectivity index (χ2n) is 7.34. The lowest BCUT2D eigenvalue weighted by Crippen LogP contribution is -2.51. The Morgan fingerprint density at radius 3 is 2.52 bits per heavy atom. The van der Waals surface area contributed by atoms with Gasteiger partial charge in [-0.25, -0.2) is 12.8 Å². The van der Waals surface area contributed by atoms with Crippen LogP contribution in [0, 0.1) is 5.82 Å². The van der Waals surface area contributed by atoms with Gasteiger partial charge in [0, 0.05) is 30.7 Å². The molecule has 4 rings (SSSR count). The number of para-hydroxylation sites is 1. The van der Waals surface area contributed by atoms with Crippen LogP contribution >= 0.6 is 0 Å². The molecule has 0 radical (unpaired) electrons. The molecule has 2 N–H and O–H groups in total. The molecule has 0 unspecified atom stereocenters. The van der Waals surface area contributed by atoms with E-state index < -0.39 is 33.7 Å². The maximum Gasteiger partial charge on any atom is 0.271 e. The molecule has 8 nitrogen and oxygen atoms in total. The number of nitrogens with one attached hydrogen (secondary N) is 2. The van der Waals surface area contributed by atoms with Crippen molar-refractivity contribution in [1.29, 1.82) is 0 Å². The summed E-state index contributed by atoms with van der Waals surface area (Å²) in [5.41, 5.74) is 5.98. The molecule has 0 bridgehead atoms. The van der Waals surface area contributed by atoms with Gasteiger partial charge >= 0.3 is 0 Å². The second-order valence-corrected chi connectivity index (χ2v) is 9.23. The van der Waals surface area contributed by atoms with Crippen molar-refractivity contribution in [2.45, 2.75) is 23.8 Å². The fraction of sp³-hybridized carbons (Fsp3) is 0.238. The zero-order chi connectivity index (χ0) is 22.2. The number of hydrazine groups is 1. The van der Waals surface area contributed by atoms with Gasteiger partial charge in [-0.15, -0.1) is 0 Å². The van der Waals surface area contributed by atoms with E-state index in [1.807, 2.05) is 25.2 Å². The average molecular weight is 444 g/mol. The van der Waals surface area contributed by atoms with Crippen LogP contribution in [-0.4, -0.2) is 41.7 Å². The van der Waals surface area contributed by atoms with E-state index in [1.165, 1.54) is 12.1 Å². The number of benzene rings is 2. The van der Waals surface area contributed by atoms with Gasteiger partial charge in [0.2, 0.25) is 10.0 Å². The summed E-state index contributed by atoms with van der Waals surface area (Å²) in [6.07, 6.45) is 2.47. The van der Waals surface area contributed by atoms with Crippen molar-refractivity contribution < 1.29 is 22.4 Å². The van der Waals surface area contributed by atoms with E-state index in [-0.39, 0.29) is 11.4 Å². The van der Waals surface area contributed by atoms with Crippen LogP contribution in [0.25, 0.3) is 10.9 Å². The molecular weight excluding hydrogens is 423 g/mol. The Labute approximate surface area is 178 Å². The Morgan fingerprint density at radius 1 is 1.06 bits per heavy atom. The molecule has 31 heavy (non-hydrogen) atoms. The minimum Gasteiger partial charge on any atom is -0.350 e. The fourth-order valence-electron chi connectivity index (χ4n) is 3.82. The molecule has 3 aromatic rings. The monoisotopic (exact) mass is 444 g/mol. The maximum absolute atomic E-state index is 13.2. The number of carbonyl (C=O) groups is 2. The number of rotatable bonds is 4. The summed E-state index contributed by atoms with van der Waals surface area (Å²) in [5, 5.41) is 0.734. The third kappa shape index (κ3) is 3.91. The van der Waals surface area contributed by atoms with Crippen LogP contribution in [0.1, 0.15) is 23.2 Å². The molecule has 0 aliphatic carbocycles. The standard InChI is InChI=1S/C21H21FN4O4S/c1-25-13-17(16-5-2-3-6-18(16)25)20(27)23-24-21(28)19-7-4-12-26(19)31(29,30)15-10-8-14(22)9-11-15/h2-3,5-6,8-11,13,19H,4,7,12H2,1H3,(H,23,27)(H,24,28)/t19-/m1/s1. The van der Waals surface area contributed by atoms with E-state index in [9.17, 15) is 22.4 Å². The van der Waals surface area contributed by atoms with Crippen molar-refractivity contribution in [3.63, 3.8) is 0 Å². The fourth-order valence-corrected chi connectivity index (χ4v) is 5.48. The van der Waals surface area contributed by atoms with E-state index in [2.05, 4.69) is 10.9 Å². The van der Waals surface area contributed by atoms with E-state index in [1.54, 1.807) is 16.8 Å². The lowest BCUT2D eigenvalue weighted by atomic mass is 10.2. The molecule has 1 aliphatic heterocycles. The minimum absolute atomic E-state index is 0.0895. The van der Waals surface area contributed by atoms with Crippen LogP contribution in [-0.2, 0) is 21.9 Å². The van der Waals surface area contributed by atoms with Crippen molar-refractivity contribution in [3.8, 4) is 0 Å². The Kier molecular flexibility index (Phi) is 5.50. The van der Waals surface area contributed by atoms with Crippen LogP contribution in [0.3, 0.4) is 0 Å². The minimum atomic E-state index is -3.98. The Hall–Kier alpha value is -3.24. The molecule has 1 fully saturated rings. The van der Waals surface area contributed by atoms with Crippen molar-refractivity contribution in [2.24, 2.45) is 7.05 Å². The van der Waals surface area contributed by atoms with E-state index in [0.29, 0.717) is 18.4 Å². The van der Waals surface area contributed by atoms with Crippen LogP contribution < -0.4 is 10.9 Å². The number of hydrogen-bond donors (Lipinski definition) is 2. The molecule has 2 heterocycles. The zero-order valence-corrected chi connectivity index (χ0v) is 17.5. The first kappa shape index (κ1) is 21.0. The molecule has 1 atom stereocenters. The molecule has 1 aliphatic rings. The van der Waals surface area contributed by atoms with Gasteiger partial charge in [0.05, 0.1) is 10.5 Å². The third-order valence-electron chi connectivity index (χ3n) is 5.37. The Morgan fingerprint density at radius 2 is 1.77 bits per heavy atom. The van der Waals surface area contributed by atoms with Crippen LogP contribution in [0.2, 0.25) is 0 Å². The lowest BCUT2D eigenvalue weighted by Gasteiger charge is -2.23. The quantitative estimate of drug-likeness (QED) is 0.601. The normalized spacial score (nSPS) is 17.0. The van der Waals surface area contributed by atoms with E-state index in [4.69, 9.17) is 0 Å². The number of amides is 2. The van der Waals surface area contributed by atoms with Crippen LogP contribution in [0.15, 0.2) is 59.6 Å². The van der Waals surface area contributed by atoms with Crippen molar-refractivity contribution >= 4 is 32.7 Å². The summed E-state index contributed by atoms with van der Waals surface area (Å²) in [6.45, 7) is 0.162. The first-order valence-electron chi connectivity index (χ1n) is 9.71. The first-order chi connectivity index (χ1) is 14.8. The Bertz CT molecular complexity index is 1250. The second kappa shape index (κ2) is 8.12. The molecular formula is C21H21FN4O4S. The maximum atomic E-state index is 13.2. The summed E-state index contributed by atoms with van der Waals surface area (Å²) >= 11 is 0. The van der Waals surface area contributed by atoms with Gasteiger partial charge in [-0.05, 0) is 43.2 Å². The molecule has 0 spiro atoms. The zero-order valence-electron chi connectivity index (χ0n) is 16.7. The first-order valence-corrected chi connectivity index (χ1v) is 11.1. The van der Waals surface area contributed by atoms with Crippen molar-refractivity contribution in [1.82, 2.24) is 19.7 Å². The highest BCUT2D eigenvalue weighted by atomic mass is 32.2. The number of aromatic nitrogens is 1. The highest BCUT2D eigenvalue weighted by molar-refractivity contribution is 7.89. The molecule has 2 amide bonds.